The molecule has 0 saturated carbocycles. The quantitative estimate of drug-likeness (QED) is 0.401. The molecule has 0 unspecified atom stereocenters. The summed E-state index contributed by atoms with van der Waals surface area (Å²) in [7, 11) is 0. The number of nitrogens with zero attached hydrogens (tertiary/aromatic N) is 1. The van der Waals surface area contributed by atoms with Gasteiger partial charge in [0.25, 0.3) is 0 Å². The first-order chi connectivity index (χ1) is 13.4. The van der Waals surface area contributed by atoms with Crippen molar-refractivity contribution in [1.82, 2.24) is 4.90 Å². The minimum atomic E-state index is 0.0842. The van der Waals surface area contributed by atoms with Crippen LogP contribution in [0.15, 0.2) is 46.6 Å². The Hall–Kier alpha value is -1.65. The number of carbonyl (C=O) groups is 1. The molecule has 1 rings (SSSR count). The Morgan fingerprint density at radius 2 is 1.50 bits per heavy atom. The molecule has 0 atom stereocenters. The Labute approximate surface area is 171 Å². The lowest BCUT2D eigenvalue weighted by atomic mass is 10.0. The van der Waals surface area contributed by atoms with Crippen molar-refractivity contribution >= 4 is 5.91 Å². The SMILES string of the molecule is CC(C)=CCC/C(C)=C/CC/C(=C/CC/C(C)=C/C(=O)N1CCOCC1)CO. The molecule has 0 spiro atoms. The largest absolute Gasteiger partial charge is 0.392 e. The second-order valence-corrected chi connectivity index (χ2v) is 7.90. The van der Waals surface area contributed by atoms with Crippen molar-refractivity contribution in [2.75, 3.05) is 32.9 Å². The Morgan fingerprint density at radius 1 is 0.893 bits per heavy atom. The molecule has 158 valence electrons. The molecule has 0 aliphatic carbocycles. The van der Waals surface area contributed by atoms with Crippen LogP contribution in [0.5, 0.6) is 0 Å². The second kappa shape index (κ2) is 14.4. The van der Waals surface area contributed by atoms with E-state index < -0.39 is 0 Å². The molecule has 4 heteroatoms. The summed E-state index contributed by atoms with van der Waals surface area (Å²) >= 11 is 0. The van der Waals surface area contributed by atoms with Gasteiger partial charge in [0.05, 0.1) is 19.8 Å². The van der Waals surface area contributed by atoms with Crippen LogP contribution >= 0.6 is 0 Å². The highest BCUT2D eigenvalue weighted by atomic mass is 16.5. The van der Waals surface area contributed by atoms with Gasteiger partial charge in [-0.05, 0) is 71.8 Å². The second-order valence-electron chi connectivity index (χ2n) is 7.90. The molecule has 28 heavy (non-hydrogen) atoms. The maximum atomic E-state index is 12.2. The van der Waals surface area contributed by atoms with E-state index >= 15 is 0 Å². The number of aliphatic hydroxyl groups is 1. The molecule has 1 saturated heterocycles. The Balaban J connectivity index is 2.36. The van der Waals surface area contributed by atoms with Gasteiger partial charge in [0, 0.05) is 19.2 Å². The number of aliphatic hydroxyl groups excluding tert-OH is 1. The zero-order valence-electron chi connectivity index (χ0n) is 18.3. The third-order valence-corrected chi connectivity index (χ3v) is 4.92. The predicted molar refractivity (Wildman–Crippen MR) is 117 cm³/mol. The van der Waals surface area contributed by atoms with Crippen molar-refractivity contribution in [3.63, 3.8) is 0 Å². The summed E-state index contributed by atoms with van der Waals surface area (Å²) in [5.74, 6) is 0.0842. The Bertz CT molecular complexity index is 589. The summed E-state index contributed by atoms with van der Waals surface area (Å²) in [5.41, 5.74) is 4.95. The smallest absolute Gasteiger partial charge is 0.246 e. The number of hydrogen-bond acceptors (Lipinski definition) is 3. The van der Waals surface area contributed by atoms with E-state index in [4.69, 9.17) is 4.74 Å². The van der Waals surface area contributed by atoms with Gasteiger partial charge < -0.3 is 14.7 Å². The standard InChI is InChI=1S/C24H39NO3/c1-20(2)8-5-9-21(3)10-6-12-23(19-26)13-7-11-22(4)18-24(27)25-14-16-28-17-15-25/h8,10,13,18,26H,5-7,9,11-12,14-17,19H2,1-4H3/b21-10+,22-18+,23-13-. The number of hydrogen-bond donors (Lipinski definition) is 1. The van der Waals surface area contributed by atoms with Crippen LogP contribution in [0.2, 0.25) is 0 Å². The molecular weight excluding hydrogens is 350 g/mol. The van der Waals surface area contributed by atoms with E-state index in [0.29, 0.717) is 26.3 Å². The zero-order chi connectivity index (χ0) is 20.8. The van der Waals surface area contributed by atoms with Gasteiger partial charge in [-0.1, -0.05) is 34.9 Å². The van der Waals surface area contributed by atoms with E-state index in [1.165, 1.54) is 11.1 Å². The normalized spacial score (nSPS) is 16.3. The summed E-state index contributed by atoms with van der Waals surface area (Å²) in [6.45, 7) is 11.2. The van der Waals surface area contributed by atoms with Gasteiger partial charge in [-0.3, -0.25) is 4.79 Å². The Kier molecular flexibility index (Phi) is 12.5. The Morgan fingerprint density at radius 3 is 2.14 bits per heavy atom. The van der Waals surface area contributed by atoms with E-state index in [9.17, 15) is 9.90 Å². The third kappa shape index (κ3) is 11.3. The molecule has 1 fully saturated rings. The lowest BCUT2D eigenvalue weighted by Gasteiger charge is -2.25. The van der Waals surface area contributed by atoms with Crippen LogP contribution in [0, 0.1) is 0 Å². The van der Waals surface area contributed by atoms with Crippen molar-refractivity contribution in [3.05, 3.63) is 46.6 Å². The molecule has 0 aromatic rings. The van der Waals surface area contributed by atoms with Gasteiger partial charge in [-0.2, -0.15) is 0 Å². The number of morpholine rings is 1. The maximum absolute atomic E-state index is 12.2. The monoisotopic (exact) mass is 389 g/mol. The number of rotatable bonds is 11. The number of amides is 1. The average molecular weight is 390 g/mol. The van der Waals surface area contributed by atoms with E-state index in [1.54, 1.807) is 6.08 Å². The average Bonchev–Trinajstić information content (AvgIpc) is 2.67. The molecule has 0 radical (unpaired) electrons. The van der Waals surface area contributed by atoms with Crippen LogP contribution in [0.3, 0.4) is 0 Å². The zero-order valence-corrected chi connectivity index (χ0v) is 18.3. The van der Waals surface area contributed by atoms with Gasteiger partial charge in [-0.25, -0.2) is 0 Å². The highest BCUT2D eigenvalue weighted by Gasteiger charge is 2.14. The highest BCUT2D eigenvalue weighted by molar-refractivity contribution is 5.88. The summed E-state index contributed by atoms with van der Waals surface area (Å²) in [5, 5.41) is 9.59. The topological polar surface area (TPSA) is 49.8 Å². The van der Waals surface area contributed by atoms with Gasteiger partial charge in [-0.15, -0.1) is 0 Å². The van der Waals surface area contributed by atoms with Crippen LogP contribution in [-0.4, -0.2) is 48.8 Å². The van der Waals surface area contributed by atoms with E-state index in [0.717, 1.165) is 49.7 Å². The minimum absolute atomic E-state index is 0.0842. The van der Waals surface area contributed by atoms with E-state index in [2.05, 4.69) is 39.0 Å². The van der Waals surface area contributed by atoms with Crippen LogP contribution < -0.4 is 0 Å². The molecule has 1 aliphatic heterocycles. The van der Waals surface area contributed by atoms with Crippen LogP contribution in [0.4, 0.5) is 0 Å². The maximum Gasteiger partial charge on any atom is 0.246 e. The van der Waals surface area contributed by atoms with Crippen molar-refractivity contribution in [3.8, 4) is 0 Å². The lowest BCUT2D eigenvalue weighted by molar-refractivity contribution is -0.130. The number of ether oxygens (including phenoxy) is 1. The third-order valence-electron chi connectivity index (χ3n) is 4.92. The summed E-state index contributed by atoms with van der Waals surface area (Å²) in [6, 6.07) is 0. The molecular formula is C24H39NO3. The number of allylic oxidation sites excluding steroid dienone is 6. The van der Waals surface area contributed by atoms with Crippen molar-refractivity contribution in [1.29, 1.82) is 0 Å². The van der Waals surface area contributed by atoms with Crippen LogP contribution in [0.1, 0.15) is 66.2 Å². The number of carbonyl (C=O) groups excluding carboxylic acids is 1. The minimum Gasteiger partial charge on any atom is -0.392 e. The first-order valence-corrected chi connectivity index (χ1v) is 10.5. The van der Waals surface area contributed by atoms with Crippen LogP contribution in [-0.2, 0) is 9.53 Å². The molecule has 4 nitrogen and oxygen atoms in total. The molecule has 1 N–H and O–H groups in total. The molecule has 0 aromatic heterocycles. The van der Waals surface area contributed by atoms with Gasteiger partial charge in [0.1, 0.15) is 0 Å². The van der Waals surface area contributed by atoms with Crippen LogP contribution in [0.25, 0.3) is 0 Å². The van der Waals surface area contributed by atoms with Crippen molar-refractivity contribution in [2.24, 2.45) is 0 Å². The van der Waals surface area contributed by atoms with E-state index in [-0.39, 0.29) is 12.5 Å². The fraction of sp³-hybridized carbons (Fsp3) is 0.625. The van der Waals surface area contributed by atoms with Gasteiger partial charge >= 0.3 is 0 Å². The molecule has 0 bridgehead atoms. The summed E-state index contributed by atoms with van der Waals surface area (Å²) < 4.78 is 5.28. The molecule has 1 aliphatic rings. The van der Waals surface area contributed by atoms with Crippen molar-refractivity contribution in [2.45, 2.75) is 66.2 Å². The van der Waals surface area contributed by atoms with Gasteiger partial charge in [0.2, 0.25) is 5.91 Å². The molecule has 0 aromatic carbocycles. The highest BCUT2D eigenvalue weighted by Crippen LogP contribution is 2.14. The van der Waals surface area contributed by atoms with Crippen molar-refractivity contribution < 1.29 is 14.6 Å². The first-order valence-electron chi connectivity index (χ1n) is 10.5. The molecule has 1 heterocycles. The predicted octanol–water partition coefficient (Wildman–Crippen LogP) is 4.96. The molecule has 1 amide bonds. The van der Waals surface area contributed by atoms with Gasteiger partial charge in [0.15, 0.2) is 0 Å². The fourth-order valence-electron chi connectivity index (χ4n) is 3.10. The van der Waals surface area contributed by atoms with E-state index in [1.807, 2.05) is 11.8 Å². The summed E-state index contributed by atoms with van der Waals surface area (Å²) in [4.78, 5) is 14.0. The first kappa shape index (κ1) is 24.4. The lowest BCUT2D eigenvalue weighted by Crippen LogP contribution is -2.39. The fourth-order valence-corrected chi connectivity index (χ4v) is 3.10. The summed E-state index contributed by atoms with van der Waals surface area (Å²) in [6.07, 6.45) is 14.2.